The maximum Gasteiger partial charge on any atom is 0.263 e. The van der Waals surface area contributed by atoms with E-state index < -0.39 is 0 Å². The summed E-state index contributed by atoms with van der Waals surface area (Å²) in [6.07, 6.45) is 1.26. The lowest BCUT2D eigenvalue weighted by Crippen LogP contribution is -2.53. The van der Waals surface area contributed by atoms with Gasteiger partial charge in [0.1, 0.15) is 11.6 Å². The van der Waals surface area contributed by atoms with Gasteiger partial charge in [-0.15, -0.1) is 0 Å². The minimum atomic E-state index is -0.372. The zero-order chi connectivity index (χ0) is 19.5. The van der Waals surface area contributed by atoms with Crippen LogP contribution in [0.4, 0.5) is 11.8 Å². The number of nitrogens with one attached hydrogen (secondary N) is 1. The van der Waals surface area contributed by atoms with Crippen molar-refractivity contribution in [1.29, 1.82) is 0 Å². The summed E-state index contributed by atoms with van der Waals surface area (Å²) in [4.78, 5) is 26.1. The van der Waals surface area contributed by atoms with Crippen molar-refractivity contribution in [3.8, 4) is 5.75 Å². The van der Waals surface area contributed by atoms with Gasteiger partial charge in [0.15, 0.2) is 6.10 Å². The maximum atomic E-state index is 12.9. The van der Waals surface area contributed by atoms with Gasteiger partial charge in [-0.3, -0.25) is 4.79 Å². The summed E-state index contributed by atoms with van der Waals surface area (Å²) in [6.45, 7) is 7.68. The van der Waals surface area contributed by atoms with Crippen LogP contribution in [0, 0.1) is 6.92 Å². The number of ether oxygens (including phenoxy) is 1. The van der Waals surface area contributed by atoms with Gasteiger partial charge in [-0.25, -0.2) is 4.98 Å². The Morgan fingerprint density at radius 1 is 1.21 bits per heavy atom. The number of rotatable bonds is 4. The fourth-order valence-electron chi connectivity index (χ4n) is 3.81. The fraction of sp³-hybridized carbons (Fsp3) is 0.476. The lowest BCUT2D eigenvalue weighted by molar-refractivity contribution is -0.139. The molecule has 1 aromatic heterocycles. The van der Waals surface area contributed by atoms with Crippen LogP contribution < -0.4 is 15.0 Å². The molecule has 1 aromatic carbocycles. The molecule has 0 bridgehead atoms. The van der Waals surface area contributed by atoms with Crippen molar-refractivity contribution >= 4 is 17.7 Å². The number of nitrogens with zero attached hydrogens (tertiary/aromatic N) is 4. The van der Waals surface area contributed by atoms with Crippen LogP contribution >= 0.6 is 0 Å². The van der Waals surface area contributed by atoms with Gasteiger partial charge in [-0.1, -0.05) is 18.2 Å². The van der Waals surface area contributed by atoms with Crippen molar-refractivity contribution < 1.29 is 9.53 Å². The first kappa shape index (κ1) is 18.5. The Morgan fingerprint density at radius 2 is 2.00 bits per heavy atom. The Bertz CT molecular complexity index is 848. The quantitative estimate of drug-likeness (QED) is 0.876. The van der Waals surface area contributed by atoms with Crippen molar-refractivity contribution in [3.05, 3.63) is 41.6 Å². The Kier molecular flexibility index (Phi) is 5.32. The number of anilines is 2. The largest absolute Gasteiger partial charge is 0.480 e. The van der Waals surface area contributed by atoms with E-state index in [2.05, 4.69) is 26.3 Å². The highest BCUT2D eigenvalue weighted by molar-refractivity contribution is 5.82. The predicted octanol–water partition coefficient (Wildman–Crippen LogP) is 2.26. The molecule has 0 radical (unpaired) electrons. The lowest BCUT2D eigenvalue weighted by atomic mass is 10.0. The van der Waals surface area contributed by atoms with E-state index in [1.54, 1.807) is 0 Å². The summed E-state index contributed by atoms with van der Waals surface area (Å²) in [7, 11) is 0. The number of aryl methyl sites for hydroxylation is 2. The summed E-state index contributed by atoms with van der Waals surface area (Å²) in [6, 6.07) is 9.99. The Labute approximate surface area is 165 Å². The number of piperazine rings is 1. The zero-order valence-electron chi connectivity index (χ0n) is 16.5. The third kappa shape index (κ3) is 3.88. The topological polar surface area (TPSA) is 70.6 Å². The molecule has 7 heteroatoms. The highest BCUT2D eigenvalue weighted by atomic mass is 16.5. The number of para-hydroxylation sites is 1. The van der Waals surface area contributed by atoms with Gasteiger partial charge in [0.25, 0.3) is 5.91 Å². The number of carbonyl (C=O) groups is 1. The van der Waals surface area contributed by atoms with Crippen LogP contribution in [0.25, 0.3) is 0 Å². The second kappa shape index (κ2) is 8.04. The van der Waals surface area contributed by atoms with Crippen LogP contribution in [0.3, 0.4) is 0 Å². The van der Waals surface area contributed by atoms with E-state index in [9.17, 15) is 4.79 Å². The van der Waals surface area contributed by atoms with Gasteiger partial charge in [-0.05, 0) is 38.3 Å². The zero-order valence-corrected chi connectivity index (χ0v) is 16.5. The summed E-state index contributed by atoms with van der Waals surface area (Å²) in [5.74, 6) is 2.52. The van der Waals surface area contributed by atoms with Gasteiger partial charge in [-0.2, -0.15) is 4.98 Å². The number of hydrogen-bond acceptors (Lipinski definition) is 6. The number of aromatic nitrogens is 2. The van der Waals surface area contributed by atoms with E-state index in [1.807, 2.05) is 43.0 Å². The van der Waals surface area contributed by atoms with Crippen molar-refractivity contribution in [3.63, 3.8) is 0 Å². The van der Waals surface area contributed by atoms with Gasteiger partial charge in [0, 0.05) is 44.5 Å². The first-order valence-corrected chi connectivity index (χ1v) is 10.0. The van der Waals surface area contributed by atoms with E-state index in [1.165, 1.54) is 5.56 Å². The molecule has 1 amide bonds. The Morgan fingerprint density at radius 3 is 2.79 bits per heavy atom. The molecule has 0 aliphatic carbocycles. The van der Waals surface area contributed by atoms with E-state index in [-0.39, 0.29) is 12.0 Å². The molecule has 1 saturated heterocycles. The summed E-state index contributed by atoms with van der Waals surface area (Å²) >= 11 is 0. The molecule has 7 nitrogen and oxygen atoms in total. The molecule has 2 aliphatic heterocycles. The number of fused-ring (bicyclic) bond motifs is 1. The van der Waals surface area contributed by atoms with Crippen molar-refractivity contribution in [2.75, 3.05) is 42.9 Å². The van der Waals surface area contributed by atoms with Crippen molar-refractivity contribution in [1.82, 2.24) is 14.9 Å². The molecule has 1 unspecified atom stereocenters. The van der Waals surface area contributed by atoms with Gasteiger partial charge in [0.2, 0.25) is 5.95 Å². The number of hydrogen-bond donors (Lipinski definition) is 1. The van der Waals surface area contributed by atoms with Gasteiger partial charge < -0.3 is 19.9 Å². The molecule has 0 spiro atoms. The molecular formula is C21H27N5O2. The molecule has 3 heterocycles. The average molecular weight is 381 g/mol. The molecule has 0 saturated carbocycles. The monoisotopic (exact) mass is 381 g/mol. The Hall–Kier alpha value is -2.83. The van der Waals surface area contributed by atoms with Crippen LogP contribution in [0.5, 0.6) is 5.75 Å². The van der Waals surface area contributed by atoms with Crippen LogP contribution in [0.1, 0.15) is 24.6 Å². The first-order chi connectivity index (χ1) is 13.6. The maximum absolute atomic E-state index is 12.9. The van der Waals surface area contributed by atoms with Crippen molar-refractivity contribution in [2.45, 2.75) is 32.8 Å². The molecular weight excluding hydrogens is 354 g/mol. The van der Waals surface area contributed by atoms with E-state index in [0.717, 1.165) is 49.7 Å². The standard InChI is InChI=1S/C21H27N5O2/c1-3-22-21-23-15(2)14-19(24-21)25-10-12-26(13-11-25)20(27)18-9-8-16-6-4-5-7-17(16)28-18/h4-7,14,18H,3,8-13H2,1-2H3,(H,22,23,24). The summed E-state index contributed by atoms with van der Waals surface area (Å²) in [5.41, 5.74) is 2.13. The number of benzene rings is 1. The molecule has 1 atom stereocenters. The average Bonchev–Trinajstić information content (AvgIpc) is 2.73. The molecule has 2 aromatic rings. The van der Waals surface area contributed by atoms with E-state index >= 15 is 0 Å². The minimum absolute atomic E-state index is 0.0985. The SMILES string of the molecule is CCNc1nc(C)cc(N2CCN(C(=O)C3CCc4ccccc4O3)CC2)n1. The normalized spacial score (nSPS) is 19.0. The summed E-state index contributed by atoms with van der Waals surface area (Å²) in [5, 5.41) is 3.18. The van der Waals surface area contributed by atoms with Crippen LogP contribution in [0.15, 0.2) is 30.3 Å². The van der Waals surface area contributed by atoms with Crippen LogP contribution in [-0.4, -0.2) is 59.6 Å². The third-order valence-electron chi connectivity index (χ3n) is 5.28. The van der Waals surface area contributed by atoms with Gasteiger partial charge >= 0.3 is 0 Å². The van der Waals surface area contributed by atoms with Gasteiger partial charge in [0.05, 0.1) is 0 Å². The van der Waals surface area contributed by atoms with Crippen LogP contribution in [-0.2, 0) is 11.2 Å². The van der Waals surface area contributed by atoms with E-state index in [4.69, 9.17) is 4.74 Å². The molecule has 4 rings (SSSR count). The van der Waals surface area contributed by atoms with Crippen LogP contribution in [0.2, 0.25) is 0 Å². The second-order valence-corrected chi connectivity index (χ2v) is 7.29. The first-order valence-electron chi connectivity index (χ1n) is 10.0. The molecule has 1 N–H and O–H groups in total. The highest BCUT2D eigenvalue weighted by Crippen LogP contribution is 2.28. The highest BCUT2D eigenvalue weighted by Gasteiger charge is 2.31. The summed E-state index contributed by atoms with van der Waals surface area (Å²) < 4.78 is 5.98. The minimum Gasteiger partial charge on any atom is -0.480 e. The molecule has 2 aliphatic rings. The molecule has 1 fully saturated rings. The lowest BCUT2D eigenvalue weighted by Gasteiger charge is -2.37. The number of carbonyl (C=O) groups excluding carboxylic acids is 1. The predicted molar refractivity (Wildman–Crippen MR) is 109 cm³/mol. The fourth-order valence-corrected chi connectivity index (χ4v) is 3.81. The molecule has 28 heavy (non-hydrogen) atoms. The third-order valence-corrected chi connectivity index (χ3v) is 5.28. The smallest absolute Gasteiger partial charge is 0.263 e. The molecule has 148 valence electrons. The Balaban J connectivity index is 1.37. The second-order valence-electron chi connectivity index (χ2n) is 7.29. The number of amides is 1. The van der Waals surface area contributed by atoms with Crippen molar-refractivity contribution in [2.24, 2.45) is 0 Å². The van der Waals surface area contributed by atoms with E-state index in [0.29, 0.717) is 19.0 Å².